The van der Waals surface area contributed by atoms with Crippen LogP contribution in [0.1, 0.15) is 45.8 Å². The third kappa shape index (κ3) is 10.5. The highest BCUT2D eigenvalue weighted by Crippen LogP contribution is 2.29. The molecule has 8 rings (SSSR count). The third-order valence-electron chi connectivity index (χ3n) is 10.6. The summed E-state index contributed by atoms with van der Waals surface area (Å²) in [6, 6.07) is 65.4. The van der Waals surface area contributed by atoms with E-state index in [-0.39, 0.29) is 13.8 Å². The van der Waals surface area contributed by atoms with Crippen LogP contribution in [-0.4, -0.2) is 38.0 Å². The van der Waals surface area contributed by atoms with E-state index in [4.69, 9.17) is 33.5 Å². The van der Waals surface area contributed by atoms with Gasteiger partial charge in [-0.3, -0.25) is 9.97 Å². The zero-order chi connectivity index (χ0) is 41.6. The topological polar surface area (TPSA) is 71.9 Å². The molecular weight excluding hydrogens is 754 g/mol. The number of nitrogens with zero attached hydrogens (tertiary/aromatic N) is 2. The van der Waals surface area contributed by atoms with E-state index in [9.17, 15) is 0 Å². The molecule has 0 aliphatic rings. The first-order valence-electron chi connectivity index (χ1n) is 20.4. The van der Waals surface area contributed by atoms with Crippen molar-refractivity contribution < 1.29 is 23.5 Å². The lowest BCUT2D eigenvalue weighted by molar-refractivity contribution is 0.107. The number of methoxy groups -OCH3 is 2. The van der Waals surface area contributed by atoms with Gasteiger partial charge in [0, 0.05) is 12.4 Å². The standard InChI is InChI=1S/C52H46B2N2O5/c1-57-47-31-23-41(24-32-47)51(49-17-9-11-35-55-49)60-53(43-13-5-3-6-14-43)45-27-19-39(20-28-45)37-59-38-40-21-29-46(30-22-40)54(44-15-7-4-8-16-44)61-52(50-18-10-12-36-56-50)42-25-33-48(58-2)34-26-42/h3-36,51-52H,37-38H2,1-2H3. The molecule has 0 spiro atoms. The minimum absolute atomic E-state index is 0.345. The maximum absolute atomic E-state index is 7.03. The SMILES string of the molecule is COc1ccc(C(OB(c2ccccc2)c2ccc(COCc3ccc(B(OC(c4ccc(OC)cc4)c4ccccn4)c4ccccc4)cc3)cc2)c2ccccn2)cc1. The van der Waals surface area contributed by atoms with Gasteiger partial charge in [0.15, 0.2) is 0 Å². The molecule has 0 amide bonds. The lowest BCUT2D eigenvalue weighted by Crippen LogP contribution is -2.46. The number of pyridine rings is 2. The average Bonchev–Trinajstić information content (AvgIpc) is 3.34. The van der Waals surface area contributed by atoms with E-state index in [1.807, 2.05) is 121 Å². The lowest BCUT2D eigenvalue weighted by atomic mass is 9.55. The highest BCUT2D eigenvalue weighted by Gasteiger charge is 2.30. The molecule has 0 fully saturated rings. The van der Waals surface area contributed by atoms with Crippen LogP contribution in [0, 0.1) is 0 Å². The number of hydrogen-bond donors (Lipinski definition) is 0. The van der Waals surface area contributed by atoms with Crippen molar-refractivity contribution in [1.29, 1.82) is 0 Å². The molecule has 2 aromatic heterocycles. The van der Waals surface area contributed by atoms with Gasteiger partial charge < -0.3 is 23.5 Å². The third-order valence-corrected chi connectivity index (χ3v) is 10.6. The smallest absolute Gasteiger partial charge is 0.362 e. The Kier molecular flexibility index (Phi) is 13.8. The van der Waals surface area contributed by atoms with Gasteiger partial charge >= 0.3 is 13.8 Å². The maximum atomic E-state index is 7.03. The molecule has 7 nitrogen and oxygen atoms in total. The van der Waals surface area contributed by atoms with E-state index in [0.717, 1.165) is 67.0 Å². The summed E-state index contributed by atoms with van der Waals surface area (Å²) in [5.74, 6) is 1.58. The summed E-state index contributed by atoms with van der Waals surface area (Å²) in [7, 11) is 3.34. The molecule has 0 bridgehead atoms. The number of hydrogen-bond acceptors (Lipinski definition) is 7. The van der Waals surface area contributed by atoms with Crippen molar-refractivity contribution in [3.8, 4) is 11.5 Å². The van der Waals surface area contributed by atoms with E-state index in [1.165, 1.54) is 0 Å². The first-order chi connectivity index (χ1) is 30.1. The molecule has 0 radical (unpaired) electrons. The minimum atomic E-state index is -0.406. The quantitative estimate of drug-likeness (QED) is 0.0815. The number of rotatable bonds is 18. The van der Waals surface area contributed by atoms with E-state index < -0.39 is 12.2 Å². The van der Waals surface area contributed by atoms with E-state index in [2.05, 4.69) is 72.8 Å². The molecule has 61 heavy (non-hydrogen) atoms. The second-order valence-corrected chi connectivity index (χ2v) is 14.6. The van der Waals surface area contributed by atoms with Crippen molar-refractivity contribution in [2.24, 2.45) is 0 Å². The number of benzene rings is 6. The molecular formula is C52H46B2N2O5. The zero-order valence-electron chi connectivity index (χ0n) is 34.3. The Labute approximate surface area is 359 Å². The molecule has 0 N–H and O–H groups in total. The Morgan fingerprint density at radius 2 is 0.754 bits per heavy atom. The molecule has 6 aromatic carbocycles. The maximum Gasteiger partial charge on any atom is 0.362 e. The van der Waals surface area contributed by atoms with Gasteiger partial charge in [-0.15, -0.1) is 0 Å². The Hall–Kier alpha value is -6.77. The van der Waals surface area contributed by atoms with Gasteiger partial charge in [0.1, 0.15) is 23.7 Å². The predicted molar refractivity (Wildman–Crippen MR) is 245 cm³/mol. The van der Waals surface area contributed by atoms with Crippen molar-refractivity contribution in [2.75, 3.05) is 14.2 Å². The molecule has 0 saturated heterocycles. The Balaban J connectivity index is 0.963. The van der Waals surface area contributed by atoms with Crippen LogP contribution in [0.25, 0.3) is 0 Å². The van der Waals surface area contributed by atoms with E-state index >= 15 is 0 Å². The first-order valence-corrected chi connectivity index (χ1v) is 20.4. The largest absolute Gasteiger partial charge is 0.497 e. The summed E-state index contributed by atoms with van der Waals surface area (Å²) in [5.41, 5.74) is 9.96. The van der Waals surface area contributed by atoms with Gasteiger partial charge in [-0.2, -0.15) is 0 Å². The van der Waals surface area contributed by atoms with Gasteiger partial charge in [-0.05, 0) is 92.6 Å². The lowest BCUT2D eigenvalue weighted by Gasteiger charge is -2.24. The summed E-state index contributed by atoms with van der Waals surface area (Å²) in [4.78, 5) is 9.38. The normalized spacial score (nSPS) is 12.0. The highest BCUT2D eigenvalue weighted by molar-refractivity contribution is 6.80. The molecule has 9 heteroatoms. The Bertz CT molecular complexity index is 2340. The predicted octanol–water partition coefficient (Wildman–Crippen LogP) is 8.03. The molecule has 2 heterocycles. The van der Waals surface area contributed by atoms with Gasteiger partial charge in [0.25, 0.3) is 0 Å². The molecule has 2 unspecified atom stereocenters. The number of ether oxygens (including phenoxy) is 3. The molecule has 0 saturated carbocycles. The van der Waals surface area contributed by atoms with Crippen molar-refractivity contribution in [1.82, 2.24) is 9.97 Å². The summed E-state index contributed by atoms with van der Waals surface area (Å²) < 4.78 is 31.2. The minimum Gasteiger partial charge on any atom is -0.497 e. The van der Waals surface area contributed by atoms with Crippen molar-refractivity contribution in [3.63, 3.8) is 0 Å². The van der Waals surface area contributed by atoms with Crippen molar-refractivity contribution in [3.05, 3.63) is 240 Å². The molecule has 0 aliphatic carbocycles. The second kappa shape index (κ2) is 20.5. The monoisotopic (exact) mass is 800 g/mol. The molecule has 0 aliphatic heterocycles. The highest BCUT2D eigenvalue weighted by atomic mass is 16.5. The van der Waals surface area contributed by atoms with Crippen LogP contribution < -0.4 is 31.3 Å². The molecule has 2 atom stereocenters. The fraction of sp³-hybridized carbons (Fsp3) is 0.115. The van der Waals surface area contributed by atoms with Crippen LogP contribution in [0.15, 0.2) is 207 Å². The van der Waals surface area contributed by atoms with Gasteiger partial charge in [-0.1, -0.05) is 146 Å². The van der Waals surface area contributed by atoms with Crippen LogP contribution in [0.4, 0.5) is 0 Å². The Morgan fingerprint density at radius 3 is 1.10 bits per heavy atom. The molecule has 300 valence electrons. The van der Waals surface area contributed by atoms with E-state index in [1.54, 1.807) is 26.6 Å². The van der Waals surface area contributed by atoms with Crippen molar-refractivity contribution in [2.45, 2.75) is 25.4 Å². The Morgan fingerprint density at radius 1 is 0.393 bits per heavy atom. The van der Waals surface area contributed by atoms with Gasteiger partial charge in [0.05, 0.1) is 38.8 Å². The van der Waals surface area contributed by atoms with Gasteiger partial charge in [0.2, 0.25) is 0 Å². The van der Waals surface area contributed by atoms with Crippen LogP contribution in [0.5, 0.6) is 11.5 Å². The second-order valence-electron chi connectivity index (χ2n) is 14.6. The van der Waals surface area contributed by atoms with E-state index in [0.29, 0.717) is 13.2 Å². The fourth-order valence-electron chi connectivity index (χ4n) is 7.35. The first kappa shape index (κ1) is 41.0. The number of aromatic nitrogens is 2. The summed E-state index contributed by atoms with van der Waals surface area (Å²) in [5, 5.41) is 0. The summed E-state index contributed by atoms with van der Waals surface area (Å²) in [6.07, 6.45) is 2.79. The zero-order valence-corrected chi connectivity index (χ0v) is 34.3. The van der Waals surface area contributed by atoms with Crippen LogP contribution in [-0.2, 0) is 27.3 Å². The fourth-order valence-corrected chi connectivity index (χ4v) is 7.35. The molecule has 8 aromatic rings. The summed E-state index contributed by atoms with van der Waals surface area (Å²) >= 11 is 0. The van der Waals surface area contributed by atoms with Gasteiger partial charge in [-0.25, -0.2) is 0 Å². The van der Waals surface area contributed by atoms with Crippen LogP contribution in [0.3, 0.4) is 0 Å². The van der Waals surface area contributed by atoms with Crippen LogP contribution in [0.2, 0.25) is 0 Å². The summed E-state index contributed by atoms with van der Waals surface area (Å²) in [6.45, 7) is 0.237. The van der Waals surface area contributed by atoms with Crippen molar-refractivity contribution >= 4 is 35.7 Å². The van der Waals surface area contributed by atoms with Crippen LogP contribution >= 0.6 is 0 Å². The average molecular weight is 801 g/mol.